The summed E-state index contributed by atoms with van der Waals surface area (Å²) in [6.07, 6.45) is 0.900. The smallest absolute Gasteiger partial charge is 0.259 e. The molecule has 1 N–H and O–H groups in total. The number of rotatable bonds is 3. The number of ether oxygens (including phenoxy) is 1. The van der Waals surface area contributed by atoms with Gasteiger partial charge in [0.1, 0.15) is 5.75 Å². The summed E-state index contributed by atoms with van der Waals surface area (Å²) in [6, 6.07) is 11.4. The van der Waals surface area contributed by atoms with Gasteiger partial charge in [-0.2, -0.15) is 5.26 Å². The highest BCUT2D eigenvalue weighted by Gasteiger charge is 2.20. The maximum atomic E-state index is 12.8. The van der Waals surface area contributed by atoms with E-state index in [4.69, 9.17) is 4.74 Å². The molecule has 0 radical (unpaired) electrons. The van der Waals surface area contributed by atoms with Crippen molar-refractivity contribution in [1.29, 1.82) is 5.26 Å². The van der Waals surface area contributed by atoms with Gasteiger partial charge in [0, 0.05) is 18.8 Å². The molecule has 3 rings (SSSR count). The van der Waals surface area contributed by atoms with E-state index < -0.39 is 0 Å². The van der Waals surface area contributed by atoms with Crippen LogP contribution in [-0.2, 0) is 13.0 Å². The second-order valence-electron chi connectivity index (χ2n) is 6.36. The number of aryl methyl sites for hydroxylation is 1. The second-order valence-corrected chi connectivity index (χ2v) is 6.36. The highest BCUT2D eigenvalue weighted by atomic mass is 16.5. The topological polar surface area (TPSA) is 65.4 Å². The van der Waals surface area contributed by atoms with Crippen LogP contribution in [0.5, 0.6) is 5.75 Å². The highest BCUT2D eigenvalue weighted by molar-refractivity contribution is 6.07. The Kier molecular flexibility index (Phi) is 4.73. The summed E-state index contributed by atoms with van der Waals surface area (Å²) >= 11 is 0. The Hall–Kier alpha value is -2.84. The summed E-state index contributed by atoms with van der Waals surface area (Å²) < 4.78 is 5.33. The van der Waals surface area contributed by atoms with Crippen molar-refractivity contribution in [3.8, 4) is 11.8 Å². The normalized spacial score (nSPS) is 13.7. The maximum absolute atomic E-state index is 12.8. The van der Waals surface area contributed by atoms with Gasteiger partial charge in [0.25, 0.3) is 5.91 Å². The largest absolute Gasteiger partial charge is 0.496 e. The average Bonchev–Trinajstić information content (AvgIpc) is 2.61. The lowest BCUT2D eigenvalue weighted by Gasteiger charge is -2.26. The SMILES string of the molecule is COc1cc(C)c(C#N)cc1C(=O)Nc1cccc2c1CCN(C)C2. The molecule has 0 spiro atoms. The van der Waals surface area contributed by atoms with Crippen molar-refractivity contribution >= 4 is 11.6 Å². The summed E-state index contributed by atoms with van der Waals surface area (Å²) in [6.45, 7) is 3.67. The molecule has 0 aliphatic carbocycles. The van der Waals surface area contributed by atoms with Crippen LogP contribution in [-0.4, -0.2) is 31.5 Å². The van der Waals surface area contributed by atoms with Crippen LogP contribution in [0.25, 0.3) is 0 Å². The van der Waals surface area contributed by atoms with Crippen molar-refractivity contribution in [2.75, 3.05) is 26.0 Å². The molecule has 0 unspecified atom stereocenters. The molecule has 0 atom stereocenters. The lowest BCUT2D eigenvalue weighted by Crippen LogP contribution is -2.27. The van der Waals surface area contributed by atoms with Gasteiger partial charge in [-0.3, -0.25) is 4.79 Å². The fourth-order valence-corrected chi connectivity index (χ4v) is 3.21. The minimum absolute atomic E-state index is 0.263. The Morgan fingerprint density at radius 2 is 2.16 bits per heavy atom. The van der Waals surface area contributed by atoms with E-state index in [0.717, 1.165) is 30.8 Å². The first-order valence-corrected chi connectivity index (χ1v) is 8.23. The Labute approximate surface area is 147 Å². The van der Waals surface area contributed by atoms with Crippen molar-refractivity contribution in [3.05, 3.63) is 58.1 Å². The summed E-state index contributed by atoms with van der Waals surface area (Å²) in [5.74, 6) is 0.208. The number of likely N-dealkylation sites (N-methyl/N-ethyl adjacent to an activating group) is 1. The van der Waals surface area contributed by atoms with Crippen LogP contribution in [0.2, 0.25) is 0 Å². The van der Waals surface area contributed by atoms with Crippen LogP contribution < -0.4 is 10.1 Å². The Morgan fingerprint density at radius 1 is 1.36 bits per heavy atom. The molecule has 0 fully saturated rings. The Morgan fingerprint density at radius 3 is 2.88 bits per heavy atom. The standard InChI is InChI=1S/C20H21N3O2/c1-13-9-19(25-3)17(10-15(13)11-21)20(24)22-18-6-4-5-14-12-23(2)8-7-16(14)18/h4-6,9-10H,7-8,12H2,1-3H3,(H,22,24). The van der Waals surface area contributed by atoms with E-state index in [1.165, 1.54) is 18.2 Å². The van der Waals surface area contributed by atoms with Gasteiger partial charge in [-0.1, -0.05) is 12.1 Å². The van der Waals surface area contributed by atoms with E-state index in [1.807, 2.05) is 19.1 Å². The summed E-state index contributed by atoms with van der Waals surface area (Å²) in [5.41, 5.74) is 4.88. The first kappa shape index (κ1) is 17.0. The van der Waals surface area contributed by atoms with Crippen LogP contribution in [0.15, 0.2) is 30.3 Å². The van der Waals surface area contributed by atoms with Crippen molar-refractivity contribution < 1.29 is 9.53 Å². The fourth-order valence-electron chi connectivity index (χ4n) is 3.21. The van der Waals surface area contributed by atoms with E-state index in [1.54, 1.807) is 12.1 Å². The van der Waals surface area contributed by atoms with E-state index in [0.29, 0.717) is 16.9 Å². The van der Waals surface area contributed by atoms with E-state index in [9.17, 15) is 10.1 Å². The van der Waals surface area contributed by atoms with Gasteiger partial charge >= 0.3 is 0 Å². The molecular formula is C20H21N3O2. The molecule has 1 aliphatic heterocycles. The van der Waals surface area contributed by atoms with Gasteiger partial charge in [-0.05, 0) is 55.3 Å². The number of nitrogens with zero attached hydrogens (tertiary/aromatic N) is 2. The van der Waals surface area contributed by atoms with Gasteiger partial charge in [0.05, 0.1) is 24.3 Å². The zero-order valence-corrected chi connectivity index (χ0v) is 14.7. The molecule has 1 amide bonds. The lowest BCUT2D eigenvalue weighted by molar-refractivity contribution is 0.102. The first-order chi connectivity index (χ1) is 12.0. The van der Waals surface area contributed by atoms with Crippen LogP contribution in [0.1, 0.15) is 32.6 Å². The first-order valence-electron chi connectivity index (χ1n) is 8.23. The number of hydrogen-bond acceptors (Lipinski definition) is 4. The van der Waals surface area contributed by atoms with Crippen molar-refractivity contribution in [3.63, 3.8) is 0 Å². The van der Waals surface area contributed by atoms with Crippen LogP contribution >= 0.6 is 0 Å². The predicted molar refractivity (Wildman–Crippen MR) is 96.9 cm³/mol. The number of nitriles is 1. The van der Waals surface area contributed by atoms with Crippen LogP contribution in [0.3, 0.4) is 0 Å². The van der Waals surface area contributed by atoms with Crippen LogP contribution in [0.4, 0.5) is 5.69 Å². The summed E-state index contributed by atoms with van der Waals surface area (Å²) in [7, 11) is 3.62. The molecule has 2 aromatic carbocycles. The Balaban J connectivity index is 1.94. The van der Waals surface area contributed by atoms with E-state index in [2.05, 4.69) is 29.4 Å². The fraction of sp³-hybridized carbons (Fsp3) is 0.300. The molecule has 25 heavy (non-hydrogen) atoms. The third kappa shape index (κ3) is 3.35. The second kappa shape index (κ2) is 6.96. The zero-order chi connectivity index (χ0) is 18.0. The number of hydrogen-bond donors (Lipinski definition) is 1. The third-order valence-electron chi connectivity index (χ3n) is 4.62. The summed E-state index contributed by atoms with van der Waals surface area (Å²) in [5, 5.41) is 12.2. The zero-order valence-electron chi connectivity index (χ0n) is 14.7. The predicted octanol–water partition coefficient (Wildman–Crippen LogP) is 3.12. The molecular weight excluding hydrogens is 314 g/mol. The maximum Gasteiger partial charge on any atom is 0.259 e. The number of amides is 1. The van der Waals surface area contributed by atoms with E-state index >= 15 is 0 Å². The van der Waals surface area contributed by atoms with Gasteiger partial charge < -0.3 is 15.0 Å². The number of anilines is 1. The van der Waals surface area contributed by atoms with Crippen LogP contribution in [0, 0.1) is 18.3 Å². The molecule has 5 heteroatoms. The van der Waals surface area contributed by atoms with Gasteiger partial charge in [0.2, 0.25) is 0 Å². The minimum atomic E-state index is -0.263. The lowest BCUT2D eigenvalue weighted by atomic mass is 9.97. The Bertz CT molecular complexity index is 868. The summed E-state index contributed by atoms with van der Waals surface area (Å²) in [4.78, 5) is 15.1. The van der Waals surface area contributed by atoms with Crippen molar-refractivity contribution in [2.45, 2.75) is 19.9 Å². The average molecular weight is 335 g/mol. The van der Waals surface area contributed by atoms with Gasteiger partial charge in [-0.15, -0.1) is 0 Å². The molecule has 1 heterocycles. The van der Waals surface area contributed by atoms with Gasteiger partial charge in [0.15, 0.2) is 0 Å². The minimum Gasteiger partial charge on any atom is -0.496 e. The molecule has 128 valence electrons. The molecule has 0 aromatic heterocycles. The molecule has 0 bridgehead atoms. The number of nitrogens with one attached hydrogen (secondary N) is 1. The monoisotopic (exact) mass is 335 g/mol. The number of benzene rings is 2. The van der Waals surface area contributed by atoms with Crippen molar-refractivity contribution in [2.24, 2.45) is 0 Å². The number of carbonyl (C=O) groups is 1. The van der Waals surface area contributed by atoms with Crippen molar-refractivity contribution in [1.82, 2.24) is 4.90 Å². The molecule has 1 aliphatic rings. The highest BCUT2D eigenvalue weighted by Crippen LogP contribution is 2.28. The number of fused-ring (bicyclic) bond motifs is 1. The molecule has 0 saturated carbocycles. The third-order valence-corrected chi connectivity index (χ3v) is 4.62. The van der Waals surface area contributed by atoms with Gasteiger partial charge in [-0.25, -0.2) is 0 Å². The molecule has 0 saturated heterocycles. The molecule has 2 aromatic rings. The van der Waals surface area contributed by atoms with E-state index in [-0.39, 0.29) is 5.91 Å². The number of methoxy groups -OCH3 is 1. The molecule has 5 nitrogen and oxygen atoms in total. The number of carbonyl (C=O) groups excluding carboxylic acids is 1. The quantitative estimate of drug-likeness (QED) is 0.936.